The van der Waals surface area contributed by atoms with E-state index in [1.54, 1.807) is 24.3 Å². The van der Waals surface area contributed by atoms with E-state index in [1.807, 2.05) is 0 Å². The van der Waals surface area contributed by atoms with Gasteiger partial charge in [-0.2, -0.15) is 0 Å². The van der Waals surface area contributed by atoms with E-state index in [1.165, 1.54) is 32.2 Å². The van der Waals surface area contributed by atoms with Crippen molar-refractivity contribution in [3.8, 4) is 11.5 Å². The van der Waals surface area contributed by atoms with E-state index in [0.29, 0.717) is 11.3 Å². The summed E-state index contributed by atoms with van der Waals surface area (Å²) < 4.78 is 38.6. The molecule has 236 valence electrons. The topological polar surface area (TPSA) is 179 Å². The number of ketones is 1. The summed E-state index contributed by atoms with van der Waals surface area (Å²) in [6.45, 7) is 5.49. The molecule has 0 unspecified atom stereocenters. The third-order valence-corrected chi connectivity index (χ3v) is 6.17. The maximum absolute atomic E-state index is 12.9. The molecule has 0 aromatic heterocycles. The molecule has 5 atom stereocenters. The predicted octanol–water partition coefficient (Wildman–Crippen LogP) is 2.61. The first-order valence-electron chi connectivity index (χ1n) is 13.4. The molecular weight excluding hydrogens is 582 g/mol. The van der Waals surface area contributed by atoms with Crippen LogP contribution in [0.3, 0.4) is 0 Å². The molecule has 3 rings (SSSR count). The fourth-order valence-corrected chi connectivity index (χ4v) is 4.31. The van der Waals surface area contributed by atoms with Gasteiger partial charge in [-0.3, -0.25) is 28.8 Å². The number of rotatable bonds is 11. The quantitative estimate of drug-likeness (QED) is 0.222. The molecule has 1 amide bonds. The molecule has 2 aromatic carbocycles. The zero-order chi connectivity index (χ0) is 32.6. The minimum atomic E-state index is -1.50. The van der Waals surface area contributed by atoms with E-state index >= 15 is 0 Å². The third kappa shape index (κ3) is 9.01. The molecule has 0 bridgehead atoms. The molecule has 0 radical (unpaired) electrons. The zero-order valence-corrected chi connectivity index (χ0v) is 24.9. The average molecular weight is 616 g/mol. The minimum Gasteiger partial charge on any atom is -0.493 e. The lowest BCUT2D eigenvalue weighted by Gasteiger charge is -2.44. The molecule has 0 saturated carbocycles. The SMILES string of the molecule is COc1cc(C(=O)Nc2ccc(C(C)=O)cc2)ccc1O[C@@H]1O[C@@H](COC(C)=O)[C@@H](OC(C)=O)[C@@H](OC(C)=O)[C@@H]1OC(C)=O. The summed E-state index contributed by atoms with van der Waals surface area (Å²) in [6.07, 6.45) is -6.94. The molecule has 1 aliphatic heterocycles. The smallest absolute Gasteiger partial charge is 0.303 e. The fraction of sp³-hybridized carbons (Fsp3) is 0.400. The molecule has 1 fully saturated rings. The summed E-state index contributed by atoms with van der Waals surface area (Å²) in [5, 5.41) is 2.72. The zero-order valence-electron chi connectivity index (χ0n) is 24.9. The van der Waals surface area contributed by atoms with E-state index in [2.05, 4.69) is 5.32 Å². The number of carbonyl (C=O) groups excluding carboxylic acids is 6. The van der Waals surface area contributed by atoms with Gasteiger partial charge in [0, 0.05) is 44.5 Å². The normalized spacial score (nSPS) is 20.8. The van der Waals surface area contributed by atoms with Crippen molar-refractivity contribution in [2.75, 3.05) is 19.0 Å². The van der Waals surface area contributed by atoms with Crippen molar-refractivity contribution < 1.29 is 61.9 Å². The van der Waals surface area contributed by atoms with Gasteiger partial charge in [0.1, 0.15) is 12.7 Å². The lowest BCUT2D eigenvalue weighted by atomic mass is 9.98. The fourth-order valence-electron chi connectivity index (χ4n) is 4.31. The molecule has 1 N–H and O–H groups in total. The van der Waals surface area contributed by atoms with E-state index in [-0.39, 0.29) is 22.8 Å². The van der Waals surface area contributed by atoms with Crippen LogP contribution in [0.15, 0.2) is 42.5 Å². The van der Waals surface area contributed by atoms with E-state index in [4.69, 9.17) is 33.2 Å². The van der Waals surface area contributed by atoms with Crippen LogP contribution in [0.5, 0.6) is 11.5 Å². The van der Waals surface area contributed by atoms with Gasteiger partial charge in [0.05, 0.1) is 7.11 Å². The van der Waals surface area contributed by atoms with Gasteiger partial charge in [-0.15, -0.1) is 0 Å². The van der Waals surface area contributed by atoms with Crippen LogP contribution in [-0.2, 0) is 42.9 Å². The van der Waals surface area contributed by atoms with Crippen LogP contribution in [0, 0.1) is 0 Å². The molecule has 1 aliphatic rings. The van der Waals surface area contributed by atoms with Crippen molar-refractivity contribution in [3.63, 3.8) is 0 Å². The second-order valence-corrected chi connectivity index (χ2v) is 9.64. The monoisotopic (exact) mass is 615 g/mol. The Labute approximate surface area is 252 Å². The second-order valence-electron chi connectivity index (χ2n) is 9.64. The van der Waals surface area contributed by atoms with Crippen molar-refractivity contribution >= 4 is 41.3 Å². The van der Waals surface area contributed by atoms with Crippen LogP contribution in [0.4, 0.5) is 5.69 Å². The highest BCUT2D eigenvalue weighted by molar-refractivity contribution is 6.05. The lowest BCUT2D eigenvalue weighted by Crippen LogP contribution is -2.63. The van der Waals surface area contributed by atoms with Gasteiger partial charge in [-0.05, 0) is 49.4 Å². The maximum Gasteiger partial charge on any atom is 0.303 e. The first-order chi connectivity index (χ1) is 20.8. The van der Waals surface area contributed by atoms with Crippen LogP contribution in [0.25, 0.3) is 0 Å². The Hall–Kier alpha value is -4.98. The number of benzene rings is 2. The Bertz CT molecular complexity index is 1400. The molecule has 14 nitrogen and oxygen atoms in total. The summed E-state index contributed by atoms with van der Waals surface area (Å²) in [7, 11) is 1.33. The number of hydrogen-bond donors (Lipinski definition) is 1. The van der Waals surface area contributed by atoms with Gasteiger partial charge in [0.15, 0.2) is 29.5 Å². The van der Waals surface area contributed by atoms with Gasteiger partial charge in [-0.1, -0.05) is 0 Å². The number of hydrogen-bond acceptors (Lipinski definition) is 13. The van der Waals surface area contributed by atoms with Gasteiger partial charge in [-0.25, -0.2) is 0 Å². The Morgan fingerprint density at radius 1 is 0.705 bits per heavy atom. The molecule has 14 heteroatoms. The molecular formula is C30H33NO13. The Kier molecular flexibility index (Phi) is 11.4. The Balaban J connectivity index is 1.93. The summed E-state index contributed by atoms with van der Waals surface area (Å²) in [6, 6.07) is 10.6. The van der Waals surface area contributed by atoms with E-state index in [0.717, 1.165) is 27.7 Å². The Morgan fingerprint density at radius 2 is 1.27 bits per heavy atom. The lowest BCUT2D eigenvalue weighted by molar-refractivity contribution is -0.288. The van der Waals surface area contributed by atoms with Crippen LogP contribution in [0.2, 0.25) is 0 Å². The highest BCUT2D eigenvalue weighted by Crippen LogP contribution is 2.35. The standard InChI is InChI=1S/C30H33NO13/c1-15(32)20-7-10-22(11-8-20)31-29(37)21-9-12-23(24(13-21)38-6)43-30-28(42-19(5)36)27(41-18(4)35)26(40-17(3)34)25(44-30)14-39-16(2)33/h7-13,25-28,30H,14H2,1-6H3,(H,31,37)/t25-,26+,27+,28-,30+/m0/s1. The molecule has 0 aliphatic carbocycles. The summed E-state index contributed by atoms with van der Waals surface area (Å²) in [4.78, 5) is 72.0. The van der Waals surface area contributed by atoms with Crippen LogP contribution < -0.4 is 14.8 Å². The summed E-state index contributed by atoms with van der Waals surface area (Å²) in [5.74, 6) is -3.50. The Morgan fingerprint density at radius 3 is 1.82 bits per heavy atom. The number of carbonyl (C=O) groups is 6. The number of anilines is 1. The van der Waals surface area contributed by atoms with Crippen molar-refractivity contribution in [3.05, 3.63) is 53.6 Å². The highest BCUT2D eigenvalue weighted by atomic mass is 16.7. The maximum atomic E-state index is 12.9. The summed E-state index contributed by atoms with van der Waals surface area (Å²) >= 11 is 0. The van der Waals surface area contributed by atoms with Crippen molar-refractivity contribution in [1.82, 2.24) is 0 Å². The van der Waals surface area contributed by atoms with Gasteiger partial charge in [0.2, 0.25) is 12.4 Å². The van der Waals surface area contributed by atoms with Gasteiger partial charge >= 0.3 is 23.9 Å². The largest absolute Gasteiger partial charge is 0.493 e. The molecule has 1 saturated heterocycles. The van der Waals surface area contributed by atoms with Crippen molar-refractivity contribution in [1.29, 1.82) is 0 Å². The molecule has 0 spiro atoms. The van der Waals surface area contributed by atoms with Crippen molar-refractivity contribution in [2.45, 2.75) is 65.3 Å². The number of nitrogens with one attached hydrogen (secondary N) is 1. The van der Waals surface area contributed by atoms with Crippen LogP contribution in [0.1, 0.15) is 55.3 Å². The van der Waals surface area contributed by atoms with E-state index in [9.17, 15) is 28.8 Å². The number of ether oxygens (including phenoxy) is 7. The van der Waals surface area contributed by atoms with Crippen molar-refractivity contribution in [2.24, 2.45) is 0 Å². The molecule has 44 heavy (non-hydrogen) atoms. The highest BCUT2D eigenvalue weighted by Gasteiger charge is 2.53. The number of esters is 4. The predicted molar refractivity (Wildman–Crippen MR) is 150 cm³/mol. The number of methoxy groups -OCH3 is 1. The van der Waals surface area contributed by atoms with Gasteiger partial charge in [0.25, 0.3) is 5.91 Å². The van der Waals surface area contributed by atoms with E-state index < -0.39 is 67.1 Å². The van der Waals surface area contributed by atoms with Gasteiger partial charge < -0.3 is 38.5 Å². The summed E-state index contributed by atoms with van der Waals surface area (Å²) in [5.41, 5.74) is 1.14. The number of Topliss-reactive ketones (excluding diaryl/α,β-unsaturated/α-hetero) is 1. The second kappa shape index (κ2) is 15.0. The third-order valence-electron chi connectivity index (χ3n) is 6.17. The minimum absolute atomic E-state index is 0.0377. The average Bonchev–Trinajstić information content (AvgIpc) is 2.94. The first kappa shape index (κ1) is 33.5. The molecule has 2 aromatic rings. The number of amides is 1. The molecule has 1 heterocycles. The van der Waals surface area contributed by atoms with Crippen LogP contribution >= 0.6 is 0 Å². The van der Waals surface area contributed by atoms with Crippen LogP contribution in [-0.4, -0.2) is 80.0 Å². The first-order valence-corrected chi connectivity index (χ1v) is 13.4.